The Labute approximate surface area is 141 Å². The number of urea groups is 1. The van der Waals surface area contributed by atoms with E-state index in [1.165, 1.54) is 17.7 Å². The summed E-state index contributed by atoms with van der Waals surface area (Å²) in [6.07, 6.45) is 4.61. The Hall–Kier alpha value is -2.37. The van der Waals surface area contributed by atoms with Gasteiger partial charge in [-0.15, -0.1) is 0 Å². The lowest BCUT2D eigenvalue weighted by molar-refractivity contribution is -0.125. The number of imide groups is 1. The van der Waals surface area contributed by atoms with Gasteiger partial charge in [-0.3, -0.25) is 14.5 Å². The summed E-state index contributed by atoms with van der Waals surface area (Å²) in [5, 5.41) is 5.62. The van der Waals surface area contributed by atoms with E-state index in [1.807, 2.05) is 0 Å². The van der Waals surface area contributed by atoms with Crippen LogP contribution in [0.2, 0.25) is 0 Å². The van der Waals surface area contributed by atoms with E-state index in [-0.39, 0.29) is 37.0 Å². The number of amides is 4. The molecule has 24 heavy (non-hydrogen) atoms. The number of hydrogen-bond acceptors (Lipinski definition) is 3. The molecule has 2 N–H and O–H groups in total. The van der Waals surface area contributed by atoms with Crippen LogP contribution in [0, 0.1) is 5.92 Å². The molecule has 6 heteroatoms. The van der Waals surface area contributed by atoms with Crippen LogP contribution in [-0.4, -0.2) is 35.3 Å². The van der Waals surface area contributed by atoms with Crippen molar-refractivity contribution in [1.29, 1.82) is 0 Å². The molecule has 4 amide bonds. The highest BCUT2D eigenvalue weighted by Crippen LogP contribution is 2.24. The predicted molar refractivity (Wildman–Crippen MR) is 89.3 cm³/mol. The third-order valence-corrected chi connectivity index (χ3v) is 4.92. The van der Waals surface area contributed by atoms with Crippen LogP contribution in [0.15, 0.2) is 24.3 Å². The van der Waals surface area contributed by atoms with Crippen LogP contribution < -0.4 is 10.6 Å². The van der Waals surface area contributed by atoms with Crippen LogP contribution in [0.5, 0.6) is 0 Å². The average Bonchev–Trinajstić information content (AvgIpc) is 2.89. The zero-order chi connectivity index (χ0) is 17.1. The van der Waals surface area contributed by atoms with Gasteiger partial charge in [-0.05, 0) is 36.5 Å². The third kappa shape index (κ3) is 3.58. The maximum absolute atomic E-state index is 12.4. The van der Waals surface area contributed by atoms with E-state index < -0.39 is 0 Å². The Kier molecular flexibility index (Phi) is 4.83. The maximum atomic E-state index is 12.4. The van der Waals surface area contributed by atoms with Crippen molar-refractivity contribution < 1.29 is 14.4 Å². The first-order chi connectivity index (χ1) is 11.5. The lowest BCUT2D eigenvalue weighted by atomic mass is 9.86. The molecule has 2 unspecified atom stereocenters. The van der Waals surface area contributed by atoms with Crippen molar-refractivity contribution in [2.45, 2.75) is 45.2 Å². The first-order valence-corrected chi connectivity index (χ1v) is 8.52. The number of rotatable bonds is 4. The van der Waals surface area contributed by atoms with Gasteiger partial charge in [0.15, 0.2) is 0 Å². The summed E-state index contributed by atoms with van der Waals surface area (Å²) in [6, 6.07) is 6.95. The highest BCUT2D eigenvalue weighted by molar-refractivity contribution is 6.01. The zero-order valence-electron chi connectivity index (χ0n) is 13.9. The molecule has 128 valence electrons. The Balaban J connectivity index is 1.60. The molecule has 2 atom stereocenters. The number of nitrogens with zero attached hydrogens (tertiary/aromatic N) is 1. The number of carbonyl (C=O) groups is 3. The van der Waals surface area contributed by atoms with Gasteiger partial charge >= 0.3 is 6.03 Å². The van der Waals surface area contributed by atoms with Gasteiger partial charge in [0.1, 0.15) is 0 Å². The van der Waals surface area contributed by atoms with Crippen LogP contribution in [0.3, 0.4) is 0 Å². The largest absolute Gasteiger partial charge is 0.349 e. The second-order valence-electron chi connectivity index (χ2n) is 6.68. The normalized spacial score (nSPS) is 24.0. The fourth-order valence-corrected chi connectivity index (χ4v) is 3.34. The van der Waals surface area contributed by atoms with E-state index in [1.54, 1.807) is 24.3 Å². The van der Waals surface area contributed by atoms with E-state index in [2.05, 4.69) is 17.6 Å². The smallest absolute Gasteiger partial charge is 0.324 e. The van der Waals surface area contributed by atoms with Crippen molar-refractivity contribution in [3.05, 3.63) is 35.4 Å². The van der Waals surface area contributed by atoms with Crippen molar-refractivity contribution in [2.75, 3.05) is 6.54 Å². The van der Waals surface area contributed by atoms with Crippen LogP contribution in [-0.2, 0) is 11.3 Å². The van der Waals surface area contributed by atoms with Crippen molar-refractivity contribution in [2.24, 2.45) is 5.92 Å². The fourth-order valence-electron chi connectivity index (χ4n) is 3.34. The maximum Gasteiger partial charge on any atom is 0.324 e. The van der Waals surface area contributed by atoms with Gasteiger partial charge in [-0.25, -0.2) is 4.79 Å². The summed E-state index contributed by atoms with van der Waals surface area (Å²) in [5.41, 5.74) is 1.43. The van der Waals surface area contributed by atoms with E-state index >= 15 is 0 Å². The highest BCUT2D eigenvalue weighted by Gasteiger charge is 2.28. The van der Waals surface area contributed by atoms with Crippen LogP contribution >= 0.6 is 0 Å². The molecule has 1 aliphatic heterocycles. The van der Waals surface area contributed by atoms with Crippen LogP contribution in [0.4, 0.5) is 4.79 Å². The average molecular weight is 329 g/mol. The number of benzene rings is 1. The quantitative estimate of drug-likeness (QED) is 0.830. The van der Waals surface area contributed by atoms with Gasteiger partial charge in [-0.2, -0.15) is 0 Å². The summed E-state index contributed by atoms with van der Waals surface area (Å²) < 4.78 is 0. The predicted octanol–water partition coefficient (Wildman–Crippen LogP) is 2.05. The second-order valence-corrected chi connectivity index (χ2v) is 6.68. The first kappa shape index (κ1) is 16.5. The minimum absolute atomic E-state index is 0.0545. The van der Waals surface area contributed by atoms with Gasteiger partial charge in [0, 0.05) is 11.6 Å². The molecule has 1 aromatic rings. The fraction of sp³-hybridized carbons (Fsp3) is 0.500. The minimum Gasteiger partial charge on any atom is -0.349 e. The Morgan fingerprint density at radius 2 is 1.92 bits per heavy atom. The minimum atomic E-state index is -0.367. The lowest BCUT2D eigenvalue weighted by Gasteiger charge is -2.29. The summed E-state index contributed by atoms with van der Waals surface area (Å²) in [4.78, 5) is 36.7. The van der Waals surface area contributed by atoms with E-state index in [4.69, 9.17) is 0 Å². The summed E-state index contributed by atoms with van der Waals surface area (Å²) >= 11 is 0. The number of nitrogens with one attached hydrogen (secondary N) is 2. The summed E-state index contributed by atoms with van der Waals surface area (Å²) in [7, 11) is 0. The Morgan fingerprint density at radius 1 is 1.21 bits per heavy atom. The lowest BCUT2D eigenvalue weighted by Crippen LogP contribution is -2.41. The molecule has 6 nitrogen and oxygen atoms in total. The van der Waals surface area contributed by atoms with Crippen molar-refractivity contribution in [3.8, 4) is 0 Å². The molecule has 1 aliphatic carbocycles. The molecular weight excluding hydrogens is 306 g/mol. The zero-order valence-corrected chi connectivity index (χ0v) is 13.9. The summed E-state index contributed by atoms with van der Waals surface area (Å²) in [6.45, 7) is 2.47. The first-order valence-electron chi connectivity index (χ1n) is 8.52. The Morgan fingerprint density at radius 3 is 2.54 bits per heavy atom. The van der Waals surface area contributed by atoms with E-state index in [9.17, 15) is 14.4 Å². The summed E-state index contributed by atoms with van der Waals surface area (Å²) in [5.74, 6) is 0.227. The third-order valence-electron chi connectivity index (χ3n) is 4.92. The monoisotopic (exact) mass is 329 g/mol. The van der Waals surface area contributed by atoms with Crippen LogP contribution in [0.1, 0.15) is 48.5 Å². The van der Waals surface area contributed by atoms with E-state index in [0.717, 1.165) is 18.4 Å². The van der Waals surface area contributed by atoms with Crippen molar-refractivity contribution in [1.82, 2.24) is 15.5 Å². The number of hydrogen-bond donors (Lipinski definition) is 2. The molecule has 0 spiro atoms. The molecule has 0 aromatic heterocycles. The Bertz CT molecular complexity index is 625. The van der Waals surface area contributed by atoms with Gasteiger partial charge in [-0.1, -0.05) is 31.9 Å². The molecule has 2 aliphatic rings. The molecular formula is C18H23N3O3. The SMILES string of the molecule is CC1CCCCC1NC(=O)c1ccc(CN2C(=O)CNC2=O)cc1. The molecule has 3 rings (SSSR count). The van der Waals surface area contributed by atoms with E-state index in [0.29, 0.717) is 11.5 Å². The van der Waals surface area contributed by atoms with Gasteiger partial charge in [0.2, 0.25) is 5.91 Å². The van der Waals surface area contributed by atoms with Crippen molar-refractivity contribution >= 4 is 17.8 Å². The molecule has 2 fully saturated rings. The standard InChI is InChI=1S/C18H23N3O3/c1-12-4-2-3-5-15(12)20-17(23)14-8-6-13(7-9-14)11-21-16(22)10-19-18(21)24/h6-9,12,15H,2-5,10-11H2,1H3,(H,19,24)(H,20,23). The molecule has 1 heterocycles. The van der Waals surface area contributed by atoms with Crippen LogP contribution in [0.25, 0.3) is 0 Å². The van der Waals surface area contributed by atoms with Gasteiger partial charge in [0.25, 0.3) is 5.91 Å². The second kappa shape index (κ2) is 7.03. The van der Waals surface area contributed by atoms with Crippen molar-refractivity contribution in [3.63, 3.8) is 0 Å². The van der Waals surface area contributed by atoms with Gasteiger partial charge in [0.05, 0.1) is 13.1 Å². The molecule has 0 radical (unpaired) electrons. The number of carbonyl (C=O) groups excluding carboxylic acids is 3. The molecule has 0 bridgehead atoms. The molecule has 1 saturated carbocycles. The van der Waals surface area contributed by atoms with Gasteiger partial charge < -0.3 is 10.6 Å². The molecule has 1 saturated heterocycles. The topological polar surface area (TPSA) is 78.5 Å². The highest BCUT2D eigenvalue weighted by atomic mass is 16.2. The molecule has 1 aromatic carbocycles.